The van der Waals surface area contributed by atoms with E-state index in [9.17, 15) is 16.8 Å². The molecule has 0 unspecified atom stereocenters. The van der Waals surface area contributed by atoms with Crippen molar-refractivity contribution in [2.75, 3.05) is 7.05 Å². The lowest BCUT2D eigenvalue weighted by Gasteiger charge is -2.08. The first kappa shape index (κ1) is 14.5. The zero-order valence-corrected chi connectivity index (χ0v) is 11.9. The smallest absolute Gasteiger partial charge is 0.206 e. The van der Waals surface area contributed by atoms with Gasteiger partial charge in [0, 0.05) is 11.5 Å². The minimum Gasteiger partial charge on any atom is -0.206 e. The van der Waals surface area contributed by atoms with Crippen LogP contribution in [-0.4, -0.2) is 23.9 Å². The van der Waals surface area contributed by atoms with Crippen molar-refractivity contribution in [3.8, 4) is 0 Å². The molecule has 1 rings (SSSR count). The van der Waals surface area contributed by atoms with Gasteiger partial charge in [0.2, 0.25) is 0 Å². The lowest BCUT2D eigenvalue weighted by Crippen LogP contribution is -2.46. The van der Waals surface area contributed by atoms with Gasteiger partial charge < -0.3 is 0 Å². The van der Waals surface area contributed by atoms with Gasteiger partial charge in [0.1, 0.15) is 0 Å². The molecular weight excluding hydrogens is 334 g/mol. The quantitative estimate of drug-likeness (QED) is 0.638. The standard InChI is InChI=1S/C7H10BrN3O4S2/c1-9-17(14,15)11-10-16(12,13)7-4-2-6(8)3-5-7/h2-5,9-11H,1H3. The van der Waals surface area contributed by atoms with E-state index in [1.54, 1.807) is 9.66 Å². The van der Waals surface area contributed by atoms with Crippen molar-refractivity contribution in [2.45, 2.75) is 4.90 Å². The zero-order chi connectivity index (χ0) is 13.1. The van der Waals surface area contributed by atoms with Crippen LogP contribution < -0.4 is 14.4 Å². The van der Waals surface area contributed by atoms with E-state index in [-0.39, 0.29) is 4.90 Å². The average Bonchev–Trinajstić information content (AvgIpc) is 2.27. The van der Waals surface area contributed by atoms with Gasteiger partial charge in [-0.05, 0) is 24.3 Å². The molecule has 0 radical (unpaired) electrons. The fourth-order valence-corrected chi connectivity index (χ4v) is 2.69. The van der Waals surface area contributed by atoms with Crippen molar-refractivity contribution in [1.82, 2.24) is 14.4 Å². The van der Waals surface area contributed by atoms with Crippen LogP contribution in [0.15, 0.2) is 33.6 Å². The lowest BCUT2D eigenvalue weighted by atomic mass is 10.4. The Labute approximate surface area is 108 Å². The van der Waals surface area contributed by atoms with Gasteiger partial charge >= 0.3 is 0 Å². The summed E-state index contributed by atoms with van der Waals surface area (Å²) in [7, 11) is -6.64. The summed E-state index contributed by atoms with van der Waals surface area (Å²) in [5.41, 5.74) is 0. The molecule has 0 bridgehead atoms. The summed E-state index contributed by atoms with van der Waals surface area (Å²) in [5, 5.41) is 0. The molecule has 1 aromatic rings. The van der Waals surface area contributed by atoms with Crippen LogP contribution in [0.25, 0.3) is 0 Å². The Morgan fingerprint density at radius 2 is 1.53 bits per heavy atom. The monoisotopic (exact) mass is 343 g/mol. The van der Waals surface area contributed by atoms with Crippen molar-refractivity contribution < 1.29 is 16.8 Å². The maximum atomic E-state index is 11.6. The van der Waals surface area contributed by atoms with Crippen LogP contribution in [0, 0.1) is 0 Å². The third-order valence-corrected chi connectivity index (χ3v) is 4.53. The van der Waals surface area contributed by atoms with Crippen LogP contribution in [-0.2, 0) is 20.2 Å². The highest BCUT2D eigenvalue weighted by Gasteiger charge is 2.16. The van der Waals surface area contributed by atoms with E-state index in [1.807, 2.05) is 4.72 Å². The van der Waals surface area contributed by atoms with Gasteiger partial charge in [0.25, 0.3) is 20.2 Å². The van der Waals surface area contributed by atoms with E-state index in [2.05, 4.69) is 15.9 Å². The van der Waals surface area contributed by atoms with Crippen molar-refractivity contribution in [3.05, 3.63) is 28.7 Å². The second-order valence-electron chi connectivity index (χ2n) is 2.87. The van der Waals surface area contributed by atoms with Crippen LogP contribution in [0.3, 0.4) is 0 Å². The van der Waals surface area contributed by atoms with Crippen LogP contribution >= 0.6 is 15.9 Å². The minimum atomic E-state index is -3.92. The highest BCUT2D eigenvalue weighted by molar-refractivity contribution is 9.10. The number of hydrogen-bond acceptors (Lipinski definition) is 4. The summed E-state index contributed by atoms with van der Waals surface area (Å²) in [5.74, 6) is 0. The number of hydrogen-bond donors (Lipinski definition) is 3. The Bertz CT molecular complexity index is 582. The third kappa shape index (κ3) is 4.33. The van der Waals surface area contributed by atoms with Crippen molar-refractivity contribution in [2.24, 2.45) is 0 Å². The molecule has 0 aliphatic heterocycles. The normalized spacial score (nSPS) is 12.6. The van der Waals surface area contributed by atoms with E-state index in [0.717, 1.165) is 7.05 Å². The zero-order valence-electron chi connectivity index (χ0n) is 8.64. The molecule has 0 atom stereocenters. The molecule has 7 nitrogen and oxygen atoms in total. The number of halogens is 1. The van der Waals surface area contributed by atoms with Gasteiger partial charge in [-0.25, -0.2) is 13.1 Å². The molecule has 96 valence electrons. The Morgan fingerprint density at radius 1 is 1.00 bits per heavy atom. The predicted octanol–water partition coefficient (Wildman–Crippen LogP) is -0.304. The molecule has 0 aliphatic rings. The minimum absolute atomic E-state index is 0.0560. The second-order valence-corrected chi connectivity index (χ2v) is 7.09. The number of rotatable bonds is 5. The van der Waals surface area contributed by atoms with Gasteiger partial charge in [-0.2, -0.15) is 8.42 Å². The first-order valence-corrected chi connectivity index (χ1v) is 8.00. The summed E-state index contributed by atoms with van der Waals surface area (Å²) >= 11 is 3.16. The second kappa shape index (κ2) is 5.42. The Kier molecular flexibility index (Phi) is 4.63. The fraction of sp³-hybridized carbons (Fsp3) is 0.143. The van der Waals surface area contributed by atoms with Crippen LogP contribution in [0.2, 0.25) is 0 Å². The molecule has 10 heteroatoms. The Morgan fingerprint density at radius 3 is 2.00 bits per heavy atom. The van der Waals surface area contributed by atoms with Gasteiger partial charge in [-0.1, -0.05) is 15.9 Å². The van der Waals surface area contributed by atoms with E-state index in [4.69, 9.17) is 0 Å². The summed E-state index contributed by atoms with van der Waals surface area (Å²) in [4.78, 5) is 3.36. The van der Waals surface area contributed by atoms with Crippen LogP contribution in [0.5, 0.6) is 0 Å². The molecule has 0 saturated carbocycles. The summed E-state index contributed by atoms with van der Waals surface area (Å²) in [6, 6.07) is 5.72. The lowest BCUT2D eigenvalue weighted by molar-refractivity contribution is 0.552. The molecular formula is C7H10BrN3O4S2. The number of benzene rings is 1. The predicted molar refractivity (Wildman–Crippen MR) is 65.6 cm³/mol. The molecule has 0 fully saturated rings. The summed E-state index contributed by atoms with van der Waals surface area (Å²) in [6.07, 6.45) is 0. The molecule has 1 aromatic carbocycles. The Balaban J connectivity index is 2.87. The molecule has 0 aromatic heterocycles. The largest absolute Gasteiger partial charge is 0.290 e. The van der Waals surface area contributed by atoms with Gasteiger partial charge in [-0.3, -0.25) is 0 Å². The van der Waals surface area contributed by atoms with E-state index >= 15 is 0 Å². The fourth-order valence-electron chi connectivity index (χ4n) is 0.833. The number of hydrazine groups is 1. The van der Waals surface area contributed by atoms with Crippen molar-refractivity contribution in [3.63, 3.8) is 0 Å². The van der Waals surface area contributed by atoms with Crippen molar-refractivity contribution >= 4 is 36.2 Å². The number of nitrogens with one attached hydrogen (secondary N) is 3. The highest BCUT2D eigenvalue weighted by Crippen LogP contribution is 2.13. The number of sulfonamides is 1. The first-order valence-electron chi connectivity index (χ1n) is 4.24. The molecule has 0 amide bonds. The SMILES string of the molecule is CNS(=O)(=O)NNS(=O)(=O)c1ccc(Br)cc1. The van der Waals surface area contributed by atoms with Gasteiger partial charge in [-0.15, -0.1) is 9.66 Å². The van der Waals surface area contributed by atoms with Crippen LogP contribution in [0.1, 0.15) is 0 Å². The third-order valence-electron chi connectivity index (χ3n) is 1.70. The van der Waals surface area contributed by atoms with E-state index in [1.165, 1.54) is 24.3 Å². The van der Waals surface area contributed by atoms with Gasteiger partial charge in [0.15, 0.2) is 0 Å². The summed E-state index contributed by atoms with van der Waals surface area (Å²) < 4.78 is 47.8. The molecule has 17 heavy (non-hydrogen) atoms. The van der Waals surface area contributed by atoms with Gasteiger partial charge in [0.05, 0.1) is 4.90 Å². The molecule has 0 saturated heterocycles. The van der Waals surface area contributed by atoms with E-state index in [0.29, 0.717) is 4.47 Å². The maximum Gasteiger partial charge on any atom is 0.290 e. The Hall–Kier alpha value is -0.520. The maximum absolute atomic E-state index is 11.6. The van der Waals surface area contributed by atoms with E-state index < -0.39 is 20.2 Å². The average molecular weight is 344 g/mol. The first-order chi connectivity index (χ1) is 7.77. The molecule has 3 N–H and O–H groups in total. The van der Waals surface area contributed by atoms with Crippen molar-refractivity contribution in [1.29, 1.82) is 0 Å². The topological polar surface area (TPSA) is 104 Å². The highest BCUT2D eigenvalue weighted by atomic mass is 79.9. The van der Waals surface area contributed by atoms with Crippen LogP contribution in [0.4, 0.5) is 0 Å². The molecule has 0 heterocycles. The molecule has 0 spiro atoms. The summed E-state index contributed by atoms with van der Waals surface area (Å²) in [6.45, 7) is 0. The molecule has 0 aliphatic carbocycles.